The highest BCUT2D eigenvalue weighted by Gasteiger charge is 2.28. The molecule has 1 N–H and O–H groups in total. The first-order valence-corrected chi connectivity index (χ1v) is 10.9. The number of pyridine rings is 1. The van der Waals surface area contributed by atoms with Crippen LogP contribution >= 0.6 is 15.9 Å². The van der Waals surface area contributed by atoms with Crippen molar-refractivity contribution < 1.29 is 9.59 Å². The fourth-order valence-corrected chi connectivity index (χ4v) is 4.07. The van der Waals surface area contributed by atoms with Gasteiger partial charge in [-0.05, 0) is 47.0 Å². The first-order chi connectivity index (χ1) is 14.9. The molecule has 3 aromatic rings. The molecule has 3 heterocycles. The number of likely N-dealkylation sites (tertiary alicyclic amines) is 1. The molecule has 1 aliphatic rings. The molecule has 0 saturated carbocycles. The molecule has 160 valence electrons. The molecule has 0 unspecified atom stereocenters. The summed E-state index contributed by atoms with van der Waals surface area (Å²) in [7, 11) is 1.59. The fourth-order valence-electron chi connectivity index (χ4n) is 3.83. The third-order valence-electron chi connectivity index (χ3n) is 5.55. The van der Waals surface area contributed by atoms with E-state index in [1.807, 2.05) is 18.2 Å². The minimum Gasteiger partial charge on any atom is -0.342 e. The van der Waals surface area contributed by atoms with E-state index in [0.717, 1.165) is 4.47 Å². The molecular formula is C22H22BrN5O3. The molecule has 0 spiro atoms. The molecule has 0 radical (unpaired) electrons. The summed E-state index contributed by atoms with van der Waals surface area (Å²) in [5.74, 6) is 0.225. The number of hydrogen-bond donors (Lipinski definition) is 1. The Kier molecular flexibility index (Phi) is 6.13. The van der Waals surface area contributed by atoms with Crippen molar-refractivity contribution in [1.29, 1.82) is 0 Å². The van der Waals surface area contributed by atoms with Crippen LogP contribution in [-0.4, -0.2) is 44.6 Å². The number of piperidine rings is 1. The van der Waals surface area contributed by atoms with Crippen LogP contribution in [0.25, 0.3) is 10.8 Å². The molecule has 0 bridgehead atoms. The lowest BCUT2D eigenvalue weighted by Crippen LogP contribution is -2.42. The zero-order chi connectivity index (χ0) is 22.0. The number of hydrogen-bond acceptors (Lipinski definition) is 5. The molecule has 1 aliphatic heterocycles. The van der Waals surface area contributed by atoms with Gasteiger partial charge >= 0.3 is 0 Å². The SMILES string of the molecule is Cn1nc(CC(=O)N2CCC(C(=O)Nc3ccc(Br)cn3)CC2)c2ccccc2c1=O. The summed E-state index contributed by atoms with van der Waals surface area (Å²) in [6.07, 6.45) is 2.94. The number of rotatable bonds is 4. The number of carbonyl (C=O) groups is 2. The molecule has 1 saturated heterocycles. The second-order valence-corrected chi connectivity index (χ2v) is 8.52. The first-order valence-electron chi connectivity index (χ1n) is 10.1. The number of fused-ring (bicyclic) bond motifs is 1. The Morgan fingerprint density at radius 2 is 1.84 bits per heavy atom. The lowest BCUT2D eigenvalue weighted by molar-refractivity contribution is -0.133. The van der Waals surface area contributed by atoms with Crippen LogP contribution in [0.1, 0.15) is 18.5 Å². The largest absolute Gasteiger partial charge is 0.342 e. The third kappa shape index (κ3) is 4.66. The van der Waals surface area contributed by atoms with Crippen molar-refractivity contribution in [3.05, 3.63) is 63.1 Å². The predicted molar refractivity (Wildman–Crippen MR) is 121 cm³/mol. The summed E-state index contributed by atoms with van der Waals surface area (Å²) in [6.45, 7) is 1.02. The van der Waals surface area contributed by atoms with Crippen molar-refractivity contribution in [2.75, 3.05) is 18.4 Å². The van der Waals surface area contributed by atoms with Gasteiger partial charge in [-0.1, -0.05) is 18.2 Å². The predicted octanol–water partition coefficient (Wildman–Crippen LogP) is 2.51. The molecule has 31 heavy (non-hydrogen) atoms. The van der Waals surface area contributed by atoms with E-state index in [9.17, 15) is 14.4 Å². The number of halogens is 1. The Hall–Kier alpha value is -3.07. The van der Waals surface area contributed by atoms with Gasteiger partial charge in [-0.2, -0.15) is 5.10 Å². The van der Waals surface area contributed by atoms with Crippen molar-refractivity contribution in [3.63, 3.8) is 0 Å². The molecule has 2 aromatic heterocycles. The van der Waals surface area contributed by atoms with E-state index in [-0.39, 0.29) is 29.7 Å². The topological polar surface area (TPSA) is 97.2 Å². The number of carbonyl (C=O) groups excluding carboxylic acids is 2. The highest BCUT2D eigenvalue weighted by Crippen LogP contribution is 2.21. The Balaban J connectivity index is 1.38. The summed E-state index contributed by atoms with van der Waals surface area (Å²) >= 11 is 3.32. The average molecular weight is 484 g/mol. The van der Waals surface area contributed by atoms with Crippen LogP contribution in [0.15, 0.2) is 51.9 Å². The maximum atomic E-state index is 12.9. The van der Waals surface area contributed by atoms with E-state index < -0.39 is 0 Å². The van der Waals surface area contributed by atoms with Gasteiger partial charge in [-0.25, -0.2) is 9.67 Å². The number of benzene rings is 1. The first kappa shape index (κ1) is 21.2. The lowest BCUT2D eigenvalue weighted by atomic mass is 9.95. The van der Waals surface area contributed by atoms with Gasteiger partial charge in [0.1, 0.15) is 5.82 Å². The Morgan fingerprint density at radius 3 is 2.52 bits per heavy atom. The summed E-state index contributed by atoms with van der Waals surface area (Å²) in [5.41, 5.74) is 0.405. The summed E-state index contributed by atoms with van der Waals surface area (Å²) in [4.78, 5) is 43.6. The van der Waals surface area contributed by atoms with Crippen LogP contribution in [-0.2, 0) is 23.1 Å². The van der Waals surface area contributed by atoms with Crippen LogP contribution in [0, 0.1) is 5.92 Å². The van der Waals surface area contributed by atoms with Crippen LogP contribution in [0.2, 0.25) is 0 Å². The van der Waals surface area contributed by atoms with Crippen molar-refractivity contribution in [3.8, 4) is 0 Å². The van der Waals surface area contributed by atoms with E-state index in [4.69, 9.17) is 0 Å². The van der Waals surface area contributed by atoms with Gasteiger partial charge in [0, 0.05) is 42.1 Å². The van der Waals surface area contributed by atoms with Crippen molar-refractivity contribution in [2.45, 2.75) is 19.3 Å². The quantitative estimate of drug-likeness (QED) is 0.614. The van der Waals surface area contributed by atoms with Crippen molar-refractivity contribution in [2.24, 2.45) is 13.0 Å². The molecule has 0 atom stereocenters. The number of nitrogens with one attached hydrogen (secondary N) is 1. The van der Waals surface area contributed by atoms with Crippen LogP contribution < -0.4 is 10.9 Å². The normalized spacial score (nSPS) is 14.6. The van der Waals surface area contributed by atoms with Gasteiger partial charge < -0.3 is 10.2 Å². The summed E-state index contributed by atoms with van der Waals surface area (Å²) in [6, 6.07) is 10.8. The molecule has 0 aliphatic carbocycles. The van der Waals surface area contributed by atoms with Crippen molar-refractivity contribution in [1.82, 2.24) is 19.7 Å². The Morgan fingerprint density at radius 1 is 1.13 bits per heavy atom. The third-order valence-corrected chi connectivity index (χ3v) is 6.02. The van der Waals surface area contributed by atoms with Crippen molar-refractivity contribution >= 4 is 44.3 Å². The zero-order valence-electron chi connectivity index (χ0n) is 17.0. The van der Waals surface area contributed by atoms with Gasteiger partial charge in [0.2, 0.25) is 11.8 Å². The average Bonchev–Trinajstić information content (AvgIpc) is 2.79. The van der Waals surface area contributed by atoms with Crippen LogP contribution in [0.5, 0.6) is 0 Å². The minimum atomic E-state index is -0.182. The highest BCUT2D eigenvalue weighted by atomic mass is 79.9. The van der Waals surface area contributed by atoms with Gasteiger partial charge in [-0.15, -0.1) is 0 Å². The zero-order valence-corrected chi connectivity index (χ0v) is 18.6. The fraction of sp³-hybridized carbons (Fsp3) is 0.318. The van der Waals surface area contributed by atoms with Crippen LogP contribution in [0.4, 0.5) is 5.82 Å². The maximum Gasteiger partial charge on any atom is 0.274 e. The monoisotopic (exact) mass is 483 g/mol. The number of anilines is 1. The lowest BCUT2D eigenvalue weighted by Gasteiger charge is -2.31. The van der Waals surface area contributed by atoms with Gasteiger partial charge in [0.25, 0.3) is 5.56 Å². The number of amides is 2. The molecule has 1 fully saturated rings. The number of aryl methyl sites for hydroxylation is 1. The van der Waals surface area contributed by atoms with E-state index in [2.05, 4.69) is 31.3 Å². The van der Waals surface area contributed by atoms with E-state index >= 15 is 0 Å². The number of nitrogens with zero attached hydrogens (tertiary/aromatic N) is 4. The smallest absolute Gasteiger partial charge is 0.274 e. The summed E-state index contributed by atoms with van der Waals surface area (Å²) < 4.78 is 2.12. The summed E-state index contributed by atoms with van der Waals surface area (Å²) in [5, 5.41) is 8.41. The standard InChI is InChI=1S/C22H22BrN5O3/c1-27-22(31)17-5-3-2-4-16(17)18(26-27)12-20(29)28-10-8-14(9-11-28)21(30)25-19-7-6-15(23)13-24-19/h2-7,13-14H,8-12H2,1H3,(H,24,25,30). The minimum absolute atomic E-state index is 0.0512. The van der Waals surface area contributed by atoms with Gasteiger partial charge in [0.15, 0.2) is 0 Å². The molecule has 4 rings (SSSR count). The maximum absolute atomic E-state index is 12.9. The molecule has 2 amide bonds. The van der Waals surface area contributed by atoms with Crippen LogP contribution in [0.3, 0.4) is 0 Å². The van der Waals surface area contributed by atoms with E-state index in [1.54, 1.807) is 36.3 Å². The van der Waals surface area contributed by atoms with Gasteiger partial charge in [0.05, 0.1) is 17.5 Å². The highest BCUT2D eigenvalue weighted by molar-refractivity contribution is 9.10. The molecule has 9 heteroatoms. The second-order valence-electron chi connectivity index (χ2n) is 7.60. The van der Waals surface area contributed by atoms with E-state index in [0.29, 0.717) is 48.2 Å². The second kappa shape index (κ2) is 8.97. The van der Waals surface area contributed by atoms with E-state index in [1.165, 1.54) is 4.68 Å². The number of aromatic nitrogens is 3. The Labute approximate surface area is 187 Å². The molecular weight excluding hydrogens is 462 g/mol. The Bertz CT molecular complexity index is 1180. The molecule has 8 nitrogen and oxygen atoms in total. The molecule has 1 aromatic carbocycles. The van der Waals surface area contributed by atoms with Gasteiger partial charge in [-0.3, -0.25) is 14.4 Å².